The van der Waals surface area contributed by atoms with E-state index in [0.717, 1.165) is 20.2 Å². The molecular weight excluding hydrogens is 343 g/mol. The van der Waals surface area contributed by atoms with Gasteiger partial charge in [0.1, 0.15) is 0 Å². The molecule has 76 valence electrons. The van der Waals surface area contributed by atoms with Crippen LogP contribution in [0, 0.1) is 0 Å². The summed E-state index contributed by atoms with van der Waals surface area (Å²) in [5.74, 6) is 0. The van der Waals surface area contributed by atoms with Gasteiger partial charge in [0.15, 0.2) is 5.15 Å². The highest BCUT2D eigenvalue weighted by Crippen LogP contribution is 2.26. The van der Waals surface area contributed by atoms with Crippen LogP contribution in [0.2, 0.25) is 5.15 Å². The molecule has 0 radical (unpaired) electrons. The summed E-state index contributed by atoms with van der Waals surface area (Å²) in [5, 5.41) is 8.22. The Balaban J connectivity index is 2.50. The first-order chi connectivity index (χ1) is 7.16. The number of benzene rings is 1. The Labute approximate surface area is 109 Å². The van der Waals surface area contributed by atoms with Gasteiger partial charge in [-0.3, -0.25) is 0 Å². The third-order valence-corrected chi connectivity index (χ3v) is 3.43. The molecule has 0 unspecified atom stereocenters. The van der Waals surface area contributed by atoms with Gasteiger partial charge in [-0.05, 0) is 34.1 Å². The summed E-state index contributed by atoms with van der Waals surface area (Å²) >= 11 is 12.5. The molecule has 1 heterocycles. The van der Waals surface area contributed by atoms with Gasteiger partial charge in [0.25, 0.3) is 0 Å². The van der Waals surface area contributed by atoms with E-state index in [1.165, 1.54) is 0 Å². The highest BCUT2D eigenvalue weighted by molar-refractivity contribution is 9.10. The molecule has 1 aromatic carbocycles. The molecular formula is C10H5Br2ClN2. The van der Waals surface area contributed by atoms with Crippen LogP contribution in [0.25, 0.3) is 11.3 Å². The van der Waals surface area contributed by atoms with Gasteiger partial charge < -0.3 is 0 Å². The van der Waals surface area contributed by atoms with E-state index in [-0.39, 0.29) is 0 Å². The van der Waals surface area contributed by atoms with Crippen LogP contribution < -0.4 is 0 Å². The van der Waals surface area contributed by atoms with Gasteiger partial charge in [-0.1, -0.05) is 39.7 Å². The highest BCUT2D eigenvalue weighted by atomic mass is 79.9. The molecule has 0 aliphatic heterocycles. The summed E-state index contributed by atoms with van der Waals surface area (Å²) in [5.41, 5.74) is 1.78. The van der Waals surface area contributed by atoms with Gasteiger partial charge in [0, 0.05) is 10.0 Å². The third kappa shape index (κ3) is 2.56. The van der Waals surface area contributed by atoms with Crippen LogP contribution in [0.15, 0.2) is 39.3 Å². The van der Waals surface area contributed by atoms with Crippen molar-refractivity contribution in [2.75, 3.05) is 0 Å². The quantitative estimate of drug-likeness (QED) is 0.767. The maximum atomic E-state index is 5.77. The van der Waals surface area contributed by atoms with Crippen molar-refractivity contribution in [1.82, 2.24) is 10.2 Å². The first-order valence-electron chi connectivity index (χ1n) is 4.11. The molecule has 0 fully saturated rings. The van der Waals surface area contributed by atoms with E-state index in [2.05, 4.69) is 42.1 Å². The summed E-state index contributed by atoms with van der Waals surface area (Å²) in [4.78, 5) is 0. The Bertz CT molecular complexity index is 503. The predicted octanol–water partition coefficient (Wildman–Crippen LogP) is 4.32. The molecule has 2 aromatic rings. The fraction of sp³-hybridized carbons (Fsp3) is 0. The van der Waals surface area contributed by atoms with Crippen LogP contribution in [0.4, 0.5) is 0 Å². The molecule has 1 aromatic heterocycles. The summed E-state index contributed by atoms with van der Waals surface area (Å²) < 4.78 is 1.75. The number of rotatable bonds is 1. The minimum atomic E-state index is 0.369. The van der Waals surface area contributed by atoms with Crippen LogP contribution in [0.5, 0.6) is 0 Å². The fourth-order valence-corrected chi connectivity index (χ4v) is 1.93. The second-order valence-corrected chi connectivity index (χ2v) is 5.01. The molecule has 0 N–H and O–H groups in total. The zero-order valence-electron chi connectivity index (χ0n) is 7.42. The van der Waals surface area contributed by atoms with Crippen molar-refractivity contribution in [3.8, 4) is 11.3 Å². The molecule has 15 heavy (non-hydrogen) atoms. The molecule has 0 atom stereocenters. The van der Waals surface area contributed by atoms with E-state index in [0.29, 0.717) is 5.15 Å². The average Bonchev–Trinajstić information content (AvgIpc) is 2.22. The molecule has 0 aliphatic carbocycles. The molecule has 2 nitrogen and oxygen atoms in total. The first kappa shape index (κ1) is 11.0. The standard InChI is InChI=1S/C10H5Br2ClN2/c11-7-3-1-2-6(4-7)9-5-8(12)10(13)15-14-9/h1-5H. The van der Waals surface area contributed by atoms with Crippen molar-refractivity contribution >= 4 is 43.5 Å². The average molecular weight is 348 g/mol. The van der Waals surface area contributed by atoms with Gasteiger partial charge in [0.05, 0.1) is 10.2 Å². The smallest absolute Gasteiger partial charge is 0.149 e. The van der Waals surface area contributed by atoms with E-state index >= 15 is 0 Å². The number of hydrogen-bond acceptors (Lipinski definition) is 2. The minimum Gasteiger partial charge on any atom is -0.149 e. The number of hydrogen-bond donors (Lipinski definition) is 0. The van der Waals surface area contributed by atoms with Gasteiger partial charge >= 0.3 is 0 Å². The SMILES string of the molecule is Clc1nnc(-c2cccc(Br)c2)cc1Br. The van der Waals surface area contributed by atoms with Crippen molar-refractivity contribution in [3.63, 3.8) is 0 Å². The zero-order valence-corrected chi connectivity index (χ0v) is 11.3. The Morgan fingerprint density at radius 1 is 1.07 bits per heavy atom. The van der Waals surface area contributed by atoms with E-state index in [1.807, 2.05) is 30.3 Å². The Morgan fingerprint density at radius 2 is 1.87 bits per heavy atom. The van der Waals surface area contributed by atoms with Crippen LogP contribution in [-0.2, 0) is 0 Å². The van der Waals surface area contributed by atoms with Crippen molar-refractivity contribution in [1.29, 1.82) is 0 Å². The maximum Gasteiger partial charge on any atom is 0.165 e. The summed E-state index contributed by atoms with van der Waals surface area (Å²) in [6.45, 7) is 0. The third-order valence-electron chi connectivity index (χ3n) is 1.83. The van der Waals surface area contributed by atoms with Gasteiger partial charge in [-0.15, -0.1) is 10.2 Å². The summed E-state index contributed by atoms with van der Waals surface area (Å²) in [6.07, 6.45) is 0. The van der Waals surface area contributed by atoms with E-state index in [9.17, 15) is 0 Å². The first-order valence-corrected chi connectivity index (χ1v) is 6.08. The van der Waals surface area contributed by atoms with Crippen molar-refractivity contribution in [2.45, 2.75) is 0 Å². The van der Waals surface area contributed by atoms with Crippen LogP contribution in [0.1, 0.15) is 0 Å². The lowest BCUT2D eigenvalue weighted by atomic mass is 10.1. The zero-order chi connectivity index (χ0) is 10.8. The van der Waals surface area contributed by atoms with Crippen molar-refractivity contribution in [2.24, 2.45) is 0 Å². The Hall–Kier alpha value is -0.450. The Kier molecular flexibility index (Phi) is 3.38. The van der Waals surface area contributed by atoms with Gasteiger partial charge in [-0.25, -0.2) is 0 Å². The highest BCUT2D eigenvalue weighted by Gasteiger charge is 2.04. The number of nitrogens with zero attached hydrogens (tertiary/aromatic N) is 2. The van der Waals surface area contributed by atoms with Crippen LogP contribution in [0.3, 0.4) is 0 Å². The summed E-state index contributed by atoms with van der Waals surface area (Å²) in [7, 11) is 0. The second kappa shape index (κ2) is 4.60. The normalized spacial score (nSPS) is 10.3. The molecule has 0 saturated carbocycles. The van der Waals surface area contributed by atoms with E-state index in [4.69, 9.17) is 11.6 Å². The molecule has 0 saturated heterocycles. The summed E-state index contributed by atoms with van der Waals surface area (Å²) in [6, 6.07) is 9.70. The van der Waals surface area contributed by atoms with Gasteiger partial charge in [0.2, 0.25) is 0 Å². The minimum absolute atomic E-state index is 0.369. The second-order valence-electron chi connectivity index (χ2n) is 2.88. The topological polar surface area (TPSA) is 25.8 Å². The molecule has 0 spiro atoms. The van der Waals surface area contributed by atoms with Crippen molar-refractivity contribution < 1.29 is 0 Å². The number of halogens is 3. The lowest BCUT2D eigenvalue weighted by Gasteiger charge is -2.01. The molecule has 0 amide bonds. The maximum absolute atomic E-state index is 5.77. The lowest BCUT2D eigenvalue weighted by molar-refractivity contribution is 1.03. The van der Waals surface area contributed by atoms with Crippen LogP contribution >= 0.6 is 43.5 Å². The predicted molar refractivity (Wildman–Crippen MR) is 67.9 cm³/mol. The lowest BCUT2D eigenvalue weighted by Crippen LogP contribution is -1.88. The molecule has 5 heteroatoms. The molecule has 2 rings (SSSR count). The molecule has 0 bridgehead atoms. The fourth-order valence-electron chi connectivity index (χ4n) is 1.14. The largest absolute Gasteiger partial charge is 0.165 e. The molecule has 0 aliphatic rings. The monoisotopic (exact) mass is 346 g/mol. The van der Waals surface area contributed by atoms with E-state index in [1.54, 1.807) is 0 Å². The van der Waals surface area contributed by atoms with E-state index < -0.39 is 0 Å². The number of aromatic nitrogens is 2. The Morgan fingerprint density at radius 3 is 2.53 bits per heavy atom. The van der Waals surface area contributed by atoms with Crippen LogP contribution in [-0.4, -0.2) is 10.2 Å². The van der Waals surface area contributed by atoms with Gasteiger partial charge in [-0.2, -0.15) is 0 Å². The van der Waals surface area contributed by atoms with Crippen molar-refractivity contribution in [3.05, 3.63) is 44.4 Å².